The minimum Gasteiger partial charge on any atom is -0.303 e. The van der Waals surface area contributed by atoms with Gasteiger partial charge in [0.15, 0.2) is 0 Å². The molecule has 0 aliphatic heterocycles. The van der Waals surface area contributed by atoms with Crippen LogP contribution in [-0.4, -0.2) is 24.5 Å². The van der Waals surface area contributed by atoms with Crippen LogP contribution in [-0.2, 0) is 0 Å². The predicted molar refractivity (Wildman–Crippen MR) is 51.8 cm³/mol. The van der Waals surface area contributed by atoms with Crippen LogP contribution in [0.1, 0.15) is 41.0 Å². The fourth-order valence-corrected chi connectivity index (χ4v) is 1.81. The minimum absolute atomic E-state index is 0.416. The monoisotopic (exact) mass is 157 g/mol. The molecule has 11 heavy (non-hydrogen) atoms. The third kappa shape index (κ3) is 3.24. The highest BCUT2D eigenvalue weighted by Gasteiger charge is 2.25. The molecule has 68 valence electrons. The molecule has 1 heteroatoms. The molecule has 0 saturated carbocycles. The predicted octanol–water partition coefficient (Wildman–Crippen LogP) is 2.76. The molecule has 0 spiro atoms. The van der Waals surface area contributed by atoms with E-state index < -0.39 is 0 Å². The summed E-state index contributed by atoms with van der Waals surface area (Å²) >= 11 is 0. The summed E-state index contributed by atoms with van der Waals surface area (Å²) in [6.07, 6.45) is 1.24. The van der Waals surface area contributed by atoms with Crippen LogP contribution in [0.2, 0.25) is 0 Å². The summed E-state index contributed by atoms with van der Waals surface area (Å²) in [6, 6.07) is 0.715. The van der Waals surface area contributed by atoms with Crippen LogP contribution in [0, 0.1) is 5.41 Å². The lowest BCUT2D eigenvalue weighted by molar-refractivity contribution is 0.127. The average Bonchev–Trinajstić information content (AvgIpc) is 1.86. The molecule has 0 aromatic heterocycles. The molecular formula is C10H23N. The van der Waals surface area contributed by atoms with Crippen molar-refractivity contribution in [3.05, 3.63) is 0 Å². The van der Waals surface area contributed by atoms with Crippen LogP contribution in [0.15, 0.2) is 0 Å². The average molecular weight is 157 g/mol. The van der Waals surface area contributed by atoms with Crippen molar-refractivity contribution in [3.63, 3.8) is 0 Å². The van der Waals surface area contributed by atoms with Gasteiger partial charge in [-0.25, -0.2) is 0 Å². The molecule has 0 amide bonds. The van der Waals surface area contributed by atoms with Gasteiger partial charge in [0.05, 0.1) is 0 Å². The SMILES string of the molecule is CCC(N(C)CC)C(C)(C)C. The van der Waals surface area contributed by atoms with Crippen molar-refractivity contribution in [1.82, 2.24) is 4.90 Å². The first-order valence-corrected chi connectivity index (χ1v) is 4.63. The maximum Gasteiger partial charge on any atom is 0.0138 e. The van der Waals surface area contributed by atoms with Gasteiger partial charge in [0.1, 0.15) is 0 Å². The Morgan fingerprint density at radius 2 is 1.64 bits per heavy atom. The highest BCUT2D eigenvalue weighted by molar-refractivity contribution is 4.79. The van der Waals surface area contributed by atoms with Gasteiger partial charge in [0, 0.05) is 6.04 Å². The van der Waals surface area contributed by atoms with Gasteiger partial charge in [-0.15, -0.1) is 0 Å². The topological polar surface area (TPSA) is 3.24 Å². The summed E-state index contributed by atoms with van der Waals surface area (Å²) < 4.78 is 0. The largest absolute Gasteiger partial charge is 0.303 e. The second-order valence-corrected chi connectivity index (χ2v) is 4.36. The summed E-state index contributed by atoms with van der Waals surface area (Å²) in [5.41, 5.74) is 0.416. The van der Waals surface area contributed by atoms with Gasteiger partial charge in [0.25, 0.3) is 0 Å². The lowest BCUT2D eigenvalue weighted by atomic mass is 9.84. The molecule has 0 saturated heterocycles. The maximum atomic E-state index is 2.43. The van der Waals surface area contributed by atoms with Crippen LogP contribution in [0.4, 0.5) is 0 Å². The standard InChI is InChI=1S/C10H23N/c1-7-9(10(3,4)5)11(6)8-2/h9H,7-8H2,1-6H3. The van der Waals surface area contributed by atoms with Crippen LogP contribution in [0.3, 0.4) is 0 Å². The Morgan fingerprint density at radius 1 is 1.18 bits per heavy atom. The molecular weight excluding hydrogens is 134 g/mol. The Labute approximate surface area is 71.8 Å². The first-order chi connectivity index (χ1) is 4.93. The van der Waals surface area contributed by atoms with Crippen LogP contribution >= 0.6 is 0 Å². The zero-order chi connectivity index (χ0) is 9.07. The Kier molecular flexibility index (Phi) is 4.09. The second kappa shape index (κ2) is 4.10. The molecule has 0 aliphatic rings. The minimum atomic E-state index is 0.416. The quantitative estimate of drug-likeness (QED) is 0.609. The zero-order valence-electron chi connectivity index (χ0n) is 8.94. The number of hydrogen-bond acceptors (Lipinski definition) is 1. The number of nitrogens with zero attached hydrogens (tertiary/aromatic N) is 1. The first-order valence-electron chi connectivity index (χ1n) is 4.63. The molecule has 1 unspecified atom stereocenters. The third-order valence-corrected chi connectivity index (χ3v) is 2.42. The van der Waals surface area contributed by atoms with E-state index in [-0.39, 0.29) is 0 Å². The Bertz CT molecular complexity index is 102. The van der Waals surface area contributed by atoms with E-state index in [1.54, 1.807) is 0 Å². The van der Waals surface area contributed by atoms with E-state index in [2.05, 4.69) is 46.6 Å². The van der Waals surface area contributed by atoms with Crippen molar-refractivity contribution in [2.75, 3.05) is 13.6 Å². The normalized spacial score (nSPS) is 15.5. The van der Waals surface area contributed by atoms with Crippen molar-refractivity contribution in [1.29, 1.82) is 0 Å². The highest BCUT2D eigenvalue weighted by atomic mass is 15.1. The number of rotatable bonds is 3. The Balaban J connectivity index is 4.16. The molecule has 0 aromatic carbocycles. The molecule has 1 atom stereocenters. The highest BCUT2D eigenvalue weighted by Crippen LogP contribution is 2.25. The van der Waals surface area contributed by atoms with E-state index >= 15 is 0 Å². The molecule has 0 fully saturated rings. The van der Waals surface area contributed by atoms with Gasteiger partial charge in [-0.2, -0.15) is 0 Å². The molecule has 0 N–H and O–H groups in total. The first kappa shape index (κ1) is 11.0. The summed E-state index contributed by atoms with van der Waals surface area (Å²) in [6.45, 7) is 12.6. The molecule has 0 heterocycles. The van der Waals surface area contributed by atoms with E-state index in [1.165, 1.54) is 6.42 Å². The second-order valence-electron chi connectivity index (χ2n) is 4.36. The molecule has 1 nitrogen and oxygen atoms in total. The molecule has 0 aliphatic carbocycles. The van der Waals surface area contributed by atoms with Crippen LogP contribution < -0.4 is 0 Å². The Hall–Kier alpha value is -0.0400. The van der Waals surface area contributed by atoms with Gasteiger partial charge in [0.2, 0.25) is 0 Å². The van der Waals surface area contributed by atoms with Gasteiger partial charge < -0.3 is 4.90 Å². The van der Waals surface area contributed by atoms with Gasteiger partial charge in [-0.05, 0) is 25.4 Å². The van der Waals surface area contributed by atoms with Crippen LogP contribution in [0.5, 0.6) is 0 Å². The third-order valence-electron chi connectivity index (χ3n) is 2.42. The van der Waals surface area contributed by atoms with Crippen molar-refractivity contribution in [2.45, 2.75) is 47.1 Å². The van der Waals surface area contributed by atoms with E-state index in [0.717, 1.165) is 6.54 Å². The lowest BCUT2D eigenvalue weighted by Gasteiger charge is -2.36. The number of hydrogen-bond donors (Lipinski definition) is 0. The molecule has 0 rings (SSSR count). The maximum absolute atomic E-state index is 2.43. The van der Waals surface area contributed by atoms with Crippen molar-refractivity contribution in [2.24, 2.45) is 5.41 Å². The summed E-state index contributed by atoms with van der Waals surface area (Å²) in [5.74, 6) is 0. The van der Waals surface area contributed by atoms with Gasteiger partial charge >= 0.3 is 0 Å². The summed E-state index contributed by atoms with van der Waals surface area (Å²) in [7, 11) is 2.21. The molecule has 0 radical (unpaired) electrons. The fraction of sp³-hybridized carbons (Fsp3) is 1.00. The van der Waals surface area contributed by atoms with Gasteiger partial charge in [-0.1, -0.05) is 34.6 Å². The van der Waals surface area contributed by atoms with E-state index in [4.69, 9.17) is 0 Å². The van der Waals surface area contributed by atoms with E-state index in [9.17, 15) is 0 Å². The molecule has 0 bridgehead atoms. The van der Waals surface area contributed by atoms with Gasteiger partial charge in [-0.3, -0.25) is 0 Å². The smallest absolute Gasteiger partial charge is 0.0138 e. The van der Waals surface area contributed by atoms with Crippen molar-refractivity contribution in [3.8, 4) is 0 Å². The Morgan fingerprint density at radius 3 is 1.73 bits per heavy atom. The summed E-state index contributed by atoms with van der Waals surface area (Å²) in [5, 5.41) is 0. The summed E-state index contributed by atoms with van der Waals surface area (Å²) in [4.78, 5) is 2.43. The lowest BCUT2D eigenvalue weighted by Crippen LogP contribution is -2.40. The molecule has 0 aromatic rings. The van der Waals surface area contributed by atoms with Crippen molar-refractivity contribution >= 4 is 0 Å². The van der Waals surface area contributed by atoms with Crippen LogP contribution in [0.25, 0.3) is 0 Å². The van der Waals surface area contributed by atoms with Crippen molar-refractivity contribution < 1.29 is 0 Å². The fourth-order valence-electron chi connectivity index (χ4n) is 1.81. The zero-order valence-corrected chi connectivity index (χ0v) is 8.94. The van der Waals surface area contributed by atoms with E-state index in [1.807, 2.05) is 0 Å². The van der Waals surface area contributed by atoms with E-state index in [0.29, 0.717) is 11.5 Å².